The van der Waals surface area contributed by atoms with E-state index in [0.717, 1.165) is 35.9 Å². The van der Waals surface area contributed by atoms with Crippen molar-refractivity contribution in [1.29, 1.82) is 0 Å². The van der Waals surface area contributed by atoms with E-state index < -0.39 is 0 Å². The van der Waals surface area contributed by atoms with Gasteiger partial charge in [0.1, 0.15) is 12.4 Å². The standard InChI is InChI=1S/C15H21N3OS/c1-4-6-16-14-8-13(12-7-11(3)20-10-12)17-15(18-14)9-19-5-2/h7-8,10H,4-6,9H2,1-3H3,(H,16,17,18). The molecule has 4 nitrogen and oxygen atoms in total. The summed E-state index contributed by atoms with van der Waals surface area (Å²) >= 11 is 1.73. The van der Waals surface area contributed by atoms with Crippen LogP contribution in [0.25, 0.3) is 11.3 Å². The first-order chi connectivity index (χ1) is 9.72. The summed E-state index contributed by atoms with van der Waals surface area (Å²) in [6.45, 7) is 8.25. The van der Waals surface area contributed by atoms with E-state index in [9.17, 15) is 0 Å². The van der Waals surface area contributed by atoms with E-state index >= 15 is 0 Å². The first kappa shape index (κ1) is 14.9. The third-order valence-corrected chi connectivity index (χ3v) is 3.65. The Bertz CT molecular complexity index is 528. The molecule has 5 heteroatoms. The summed E-state index contributed by atoms with van der Waals surface area (Å²) in [5.74, 6) is 1.60. The highest BCUT2D eigenvalue weighted by atomic mass is 32.1. The van der Waals surface area contributed by atoms with Crippen LogP contribution < -0.4 is 5.32 Å². The summed E-state index contributed by atoms with van der Waals surface area (Å²) in [5.41, 5.74) is 2.10. The van der Waals surface area contributed by atoms with Gasteiger partial charge < -0.3 is 10.1 Å². The van der Waals surface area contributed by atoms with Crippen molar-refractivity contribution in [2.45, 2.75) is 33.8 Å². The second-order valence-electron chi connectivity index (χ2n) is 4.56. The van der Waals surface area contributed by atoms with Crippen molar-refractivity contribution in [1.82, 2.24) is 9.97 Å². The van der Waals surface area contributed by atoms with Gasteiger partial charge >= 0.3 is 0 Å². The van der Waals surface area contributed by atoms with Crippen LogP contribution in [0, 0.1) is 6.92 Å². The molecule has 2 aromatic heterocycles. The highest BCUT2D eigenvalue weighted by Gasteiger charge is 2.08. The van der Waals surface area contributed by atoms with Gasteiger partial charge in [0.2, 0.25) is 0 Å². The van der Waals surface area contributed by atoms with Gasteiger partial charge in [0.05, 0.1) is 5.69 Å². The predicted octanol–water partition coefficient (Wildman–Crippen LogP) is 3.87. The average Bonchev–Trinajstić information content (AvgIpc) is 2.89. The Hall–Kier alpha value is -1.46. The van der Waals surface area contributed by atoms with Crippen molar-refractivity contribution in [2.75, 3.05) is 18.5 Å². The Morgan fingerprint density at radius 2 is 2.10 bits per heavy atom. The molecule has 0 aliphatic rings. The molecular formula is C15H21N3OS. The number of anilines is 1. The maximum Gasteiger partial charge on any atom is 0.157 e. The fraction of sp³-hybridized carbons (Fsp3) is 0.467. The van der Waals surface area contributed by atoms with E-state index in [2.05, 4.69) is 40.6 Å². The average molecular weight is 291 g/mol. The minimum absolute atomic E-state index is 0.453. The SMILES string of the molecule is CCCNc1cc(-c2csc(C)c2)nc(COCC)n1. The highest BCUT2D eigenvalue weighted by molar-refractivity contribution is 7.10. The van der Waals surface area contributed by atoms with Gasteiger partial charge in [0, 0.05) is 35.0 Å². The monoisotopic (exact) mass is 291 g/mol. The van der Waals surface area contributed by atoms with Crippen molar-refractivity contribution in [2.24, 2.45) is 0 Å². The molecule has 0 fully saturated rings. The van der Waals surface area contributed by atoms with E-state index in [-0.39, 0.29) is 0 Å². The van der Waals surface area contributed by atoms with E-state index in [0.29, 0.717) is 13.2 Å². The molecule has 20 heavy (non-hydrogen) atoms. The van der Waals surface area contributed by atoms with Gasteiger partial charge in [-0.15, -0.1) is 11.3 Å². The highest BCUT2D eigenvalue weighted by Crippen LogP contribution is 2.25. The molecule has 2 heterocycles. The van der Waals surface area contributed by atoms with Crippen molar-refractivity contribution >= 4 is 17.2 Å². The molecule has 1 N–H and O–H groups in total. The number of rotatable bonds is 7. The molecule has 0 saturated heterocycles. The zero-order valence-electron chi connectivity index (χ0n) is 12.3. The van der Waals surface area contributed by atoms with Gasteiger partial charge in [-0.05, 0) is 26.3 Å². The van der Waals surface area contributed by atoms with Crippen molar-refractivity contribution in [3.8, 4) is 11.3 Å². The number of aryl methyl sites for hydroxylation is 1. The maximum atomic E-state index is 5.42. The number of nitrogens with zero attached hydrogens (tertiary/aromatic N) is 2. The van der Waals surface area contributed by atoms with Gasteiger partial charge in [-0.1, -0.05) is 6.92 Å². The lowest BCUT2D eigenvalue weighted by Gasteiger charge is -2.09. The van der Waals surface area contributed by atoms with Crippen LogP contribution in [0.3, 0.4) is 0 Å². The largest absolute Gasteiger partial charge is 0.374 e. The second kappa shape index (κ2) is 7.36. The zero-order valence-corrected chi connectivity index (χ0v) is 13.1. The number of hydrogen-bond donors (Lipinski definition) is 1. The third-order valence-electron chi connectivity index (χ3n) is 2.79. The normalized spacial score (nSPS) is 10.8. The first-order valence-electron chi connectivity index (χ1n) is 6.98. The number of nitrogens with one attached hydrogen (secondary N) is 1. The zero-order chi connectivity index (χ0) is 14.4. The number of hydrogen-bond acceptors (Lipinski definition) is 5. The molecule has 2 aromatic rings. The van der Waals surface area contributed by atoms with Crippen LogP contribution in [0.15, 0.2) is 17.5 Å². The van der Waals surface area contributed by atoms with Crippen molar-refractivity contribution in [3.05, 3.63) is 28.2 Å². The Morgan fingerprint density at radius 3 is 2.75 bits per heavy atom. The van der Waals surface area contributed by atoms with Crippen LogP contribution in [-0.2, 0) is 11.3 Å². The number of ether oxygens (including phenoxy) is 1. The Balaban J connectivity index is 2.29. The molecule has 108 valence electrons. The van der Waals surface area contributed by atoms with Crippen LogP contribution in [0.4, 0.5) is 5.82 Å². The van der Waals surface area contributed by atoms with Crippen LogP contribution in [0.5, 0.6) is 0 Å². The lowest BCUT2D eigenvalue weighted by atomic mass is 10.2. The Morgan fingerprint density at radius 1 is 1.25 bits per heavy atom. The molecule has 2 rings (SSSR count). The molecule has 0 amide bonds. The lowest BCUT2D eigenvalue weighted by molar-refractivity contribution is 0.128. The molecule has 0 radical (unpaired) electrons. The molecule has 0 bridgehead atoms. The molecular weight excluding hydrogens is 270 g/mol. The van der Waals surface area contributed by atoms with Gasteiger partial charge in [0.15, 0.2) is 5.82 Å². The van der Waals surface area contributed by atoms with Gasteiger partial charge in [-0.25, -0.2) is 9.97 Å². The summed E-state index contributed by atoms with van der Waals surface area (Å²) < 4.78 is 5.42. The lowest BCUT2D eigenvalue weighted by Crippen LogP contribution is -2.07. The van der Waals surface area contributed by atoms with Gasteiger partial charge in [-0.2, -0.15) is 0 Å². The predicted molar refractivity (Wildman–Crippen MR) is 84.2 cm³/mol. The molecule has 0 unspecified atom stereocenters. The number of aromatic nitrogens is 2. The summed E-state index contributed by atoms with van der Waals surface area (Å²) in [4.78, 5) is 10.4. The second-order valence-corrected chi connectivity index (χ2v) is 5.68. The fourth-order valence-corrected chi connectivity index (χ4v) is 2.52. The van der Waals surface area contributed by atoms with Crippen molar-refractivity contribution in [3.63, 3.8) is 0 Å². The first-order valence-corrected chi connectivity index (χ1v) is 7.86. The Labute approximate surface area is 124 Å². The van der Waals surface area contributed by atoms with Crippen LogP contribution >= 0.6 is 11.3 Å². The molecule has 0 aliphatic carbocycles. The quantitative estimate of drug-likeness (QED) is 0.841. The fourth-order valence-electron chi connectivity index (χ4n) is 1.82. The summed E-state index contributed by atoms with van der Waals surface area (Å²) in [5, 5.41) is 5.46. The Kier molecular flexibility index (Phi) is 5.49. The molecule has 0 aliphatic heterocycles. The van der Waals surface area contributed by atoms with E-state index in [4.69, 9.17) is 4.74 Å². The van der Waals surface area contributed by atoms with Gasteiger partial charge in [-0.3, -0.25) is 0 Å². The summed E-state index contributed by atoms with van der Waals surface area (Å²) in [6, 6.07) is 4.16. The summed E-state index contributed by atoms with van der Waals surface area (Å²) in [7, 11) is 0. The molecule has 0 saturated carbocycles. The van der Waals surface area contributed by atoms with E-state index in [1.165, 1.54) is 4.88 Å². The van der Waals surface area contributed by atoms with Gasteiger partial charge in [0.25, 0.3) is 0 Å². The number of thiophene rings is 1. The minimum Gasteiger partial charge on any atom is -0.374 e. The van der Waals surface area contributed by atoms with Crippen LogP contribution in [0.2, 0.25) is 0 Å². The topological polar surface area (TPSA) is 47.0 Å². The van der Waals surface area contributed by atoms with Crippen LogP contribution in [0.1, 0.15) is 31.0 Å². The molecule has 0 aromatic carbocycles. The molecule has 0 spiro atoms. The van der Waals surface area contributed by atoms with E-state index in [1.807, 2.05) is 13.0 Å². The van der Waals surface area contributed by atoms with Crippen LogP contribution in [-0.4, -0.2) is 23.1 Å². The summed E-state index contributed by atoms with van der Waals surface area (Å²) in [6.07, 6.45) is 1.07. The molecule has 0 atom stereocenters. The van der Waals surface area contributed by atoms with Crippen molar-refractivity contribution < 1.29 is 4.74 Å². The van der Waals surface area contributed by atoms with E-state index in [1.54, 1.807) is 11.3 Å². The minimum atomic E-state index is 0.453. The maximum absolute atomic E-state index is 5.42. The smallest absolute Gasteiger partial charge is 0.157 e. The third kappa shape index (κ3) is 4.02.